The minimum Gasteiger partial charge on any atom is -0.465 e. The minimum atomic E-state index is -0.561. The van der Waals surface area contributed by atoms with Crippen LogP contribution in [0.15, 0.2) is 0 Å². The van der Waals surface area contributed by atoms with Crippen LogP contribution in [0.2, 0.25) is 0 Å². The molecule has 2 rings (SSSR count). The Hall–Kier alpha value is -0.610. The maximum Gasteiger partial charge on any atom is 0.327 e. The number of carbonyl (C=O) groups is 1. The van der Waals surface area contributed by atoms with Gasteiger partial charge in [0.25, 0.3) is 0 Å². The Labute approximate surface area is 123 Å². The van der Waals surface area contributed by atoms with E-state index < -0.39 is 5.54 Å². The summed E-state index contributed by atoms with van der Waals surface area (Å²) < 4.78 is 5.31. The molecule has 0 spiro atoms. The summed E-state index contributed by atoms with van der Waals surface area (Å²) in [6.45, 7) is 10.8. The van der Waals surface area contributed by atoms with Gasteiger partial charge >= 0.3 is 5.97 Å². The number of hydrogen-bond donors (Lipinski definition) is 1. The Morgan fingerprint density at radius 3 is 2.65 bits per heavy atom. The first-order valence-electron chi connectivity index (χ1n) is 8.15. The van der Waals surface area contributed by atoms with E-state index in [1.807, 2.05) is 13.8 Å². The Balaban J connectivity index is 2.04. The standard InChI is InChI=1S/C16H30N2O2/c1-5-20-15(19)16(4,17-13-8-9-13)11-18-10-6-7-14(18)12(2)3/h12-14,17H,5-11H2,1-4H3. The van der Waals surface area contributed by atoms with Gasteiger partial charge in [0, 0.05) is 18.6 Å². The molecule has 0 aromatic carbocycles. The summed E-state index contributed by atoms with van der Waals surface area (Å²) in [7, 11) is 0. The number of hydrogen-bond acceptors (Lipinski definition) is 4. The lowest BCUT2D eigenvalue weighted by Gasteiger charge is -2.36. The van der Waals surface area contributed by atoms with E-state index in [2.05, 4.69) is 24.1 Å². The second-order valence-corrected chi connectivity index (χ2v) is 6.90. The van der Waals surface area contributed by atoms with Crippen molar-refractivity contribution in [3.63, 3.8) is 0 Å². The average Bonchev–Trinajstić information content (AvgIpc) is 3.05. The van der Waals surface area contributed by atoms with Gasteiger partial charge in [0.05, 0.1) is 6.61 Å². The van der Waals surface area contributed by atoms with E-state index in [9.17, 15) is 4.79 Å². The van der Waals surface area contributed by atoms with Gasteiger partial charge in [-0.05, 0) is 52.0 Å². The van der Waals surface area contributed by atoms with Gasteiger partial charge in [0.2, 0.25) is 0 Å². The van der Waals surface area contributed by atoms with Gasteiger partial charge in [-0.1, -0.05) is 13.8 Å². The molecule has 2 unspecified atom stereocenters. The van der Waals surface area contributed by atoms with Crippen LogP contribution in [0.4, 0.5) is 0 Å². The Morgan fingerprint density at radius 1 is 1.40 bits per heavy atom. The number of ether oxygens (including phenoxy) is 1. The van der Waals surface area contributed by atoms with Crippen LogP contribution in [-0.2, 0) is 9.53 Å². The molecule has 20 heavy (non-hydrogen) atoms. The van der Waals surface area contributed by atoms with Crippen molar-refractivity contribution >= 4 is 5.97 Å². The van der Waals surface area contributed by atoms with Gasteiger partial charge in [0.15, 0.2) is 0 Å². The molecule has 0 aromatic rings. The first-order chi connectivity index (χ1) is 9.46. The minimum absolute atomic E-state index is 0.0960. The maximum absolute atomic E-state index is 12.4. The van der Waals surface area contributed by atoms with Crippen molar-refractivity contribution in [3.05, 3.63) is 0 Å². The monoisotopic (exact) mass is 282 g/mol. The summed E-state index contributed by atoms with van der Waals surface area (Å²) in [5.74, 6) is 0.547. The van der Waals surface area contributed by atoms with Crippen molar-refractivity contribution in [3.8, 4) is 0 Å². The molecule has 0 radical (unpaired) electrons. The second-order valence-electron chi connectivity index (χ2n) is 6.90. The summed E-state index contributed by atoms with van der Waals surface area (Å²) in [5, 5.41) is 3.52. The lowest BCUT2D eigenvalue weighted by molar-refractivity contribution is -0.151. The zero-order valence-electron chi connectivity index (χ0n) is 13.4. The van der Waals surface area contributed by atoms with Crippen LogP contribution in [0.25, 0.3) is 0 Å². The summed E-state index contributed by atoms with van der Waals surface area (Å²) in [6, 6.07) is 1.11. The zero-order chi connectivity index (χ0) is 14.8. The van der Waals surface area contributed by atoms with E-state index in [4.69, 9.17) is 4.74 Å². The fourth-order valence-corrected chi connectivity index (χ4v) is 3.35. The highest BCUT2D eigenvalue weighted by molar-refractivity contribution is 5.80. The maximum atomic E-state index is 12.4. The van der Waals surface area contributed by atoms with Crippen molar-refractivity contribution < 1.29 is 9.53 Å². The molecule has 116 valence electrons. The van der Waals surface area contributed by atoms with Crippen LogP contribution < -0.4 is 5.32 Å². The molecular weight excluding hydrogens is 252 g/mol. The van der Waals surface area contributed by atoms with E-state index in [1.54, 1.807) is 0 Å². The van der Waals surface area contributed by atoms with Gasteiger partial charge in [-0.15, -0.1) is 0 Å². The molecule has 4 nitrogen and oxygen atoms in total. The highest BCUT2D eigenvalue weighted by Crippen LogP contribution is 2.28. The molecule has 2 aliphatic rings. The summed E-state index contributed by atoms with van der Waals surface area (Å²) >= 11 is 0. The lowest BCUT2D eigenvalue weighted by Crippen LogP contribution is -2.59. The highest BCUT2D eigenvalue weighted by Gasteiger charge is 2.43. The first-order valence-corrected chi connectivity index (χ1v) is 8.15. The van der Waals surface area contributed by atoms with Gasteiger partial charge in [-0.3, -0.25) is 15.0 Å². The molecule has 1 saturated carbocycles. The van der Waals surface area contributed by atoms with Crippen molar-refractivity contribution in [1.29, 1.82) is 0 Å². The Kier molecular flexibility index (Phi) is 5.08. The van der Waals surface area contributed by atoms with Crippen molar-refractivity contribution in [1.82, 2.24) is 10.2 Å². The molecular formula is C16H30N2O2. The number of carbonyl (C=O) groups excluding carboxylic acids is 1. The summed E-state index contributed by atoms with van der Waals surface area (Å²) in [4.78, 5) is 14.9. The molecule has 1 N–H and O–H groups in total. The molecule has 1 aliphatic carbocycles. The smallest absolute Gasteiger partial charge is 0.327 e. The van der Waals surface area contributed by atoms with Crippen LogP contribution >= 0.6 is 0 Å². The molecule has 0 aromatic heterocycles. The normalized spacial score (nSPS) is 26.8. The van der Waals surface area contributed by atoms with Gasteiger partial charge in [-0.25, -0.2) is 0 Å². The second kappa shape index (κ2) is 6.44. The van der Waals surface area contributed by atoms with Crippen molar-refractivity contribution in [2.24, 2.45) is 5.92 Å². The van der Waals surface area contributed by atoms with E-state index in [-0.39, 0.29) is 5.97 Å². The van der Waals surface area contributed by atoms with Gasteiger partial charge in [-0.2, -0.15) is 0 Å². The van der Waals surface area contributed by atoms with Crippen LogP contribution in [0.5, 0.6) is 0 Å². The number of rotatable bonds is 7. The third-order valence-electron chi connectivity index (χ3n) is 4.53. The van der Waals surface area contributed by atoms with Gasteiger partial charge < -0.3 is 4.74 Å². The fourth-order valence-electron chi connectivity index (χ4n) is 3.35. The van der Waals surface area contributed by atoms with Crippen molar-refractivity contribution in [2.75, 3.05) is 19.7 Å². The topological polar surface area (TPSA) is 41.6 Å². The number of esters is 1. The Morgan fingerprint density at radius 2 is 2.10 bits per heavy atom. The highest BCUT2D eigenvalue weighted by atomic mass is 16.5. The molecule has 2 fully saturated rings. The van der Waals surface area contributed by atoms with Crippen LogP contribution in [-0.4, -0.2) is 48.2 Å². The molecule has 4 heteroatoms. The van der Waals surface area contributed by atoms with Crippen LogP contribution in [0.1, 0.15) is 53.4 Å². The lowest BCUT2D eigenvalue weighted by atomic mass is 9.97. The van der Waals surface area contributed by atoms with E-state index >= 15 is 0 Å². The number of nitrogens with one attached hydrogen (secondary N) is 1. The third-order valence-corrected chi connectivity index (χ3v) is 4.53. The quantitative estimate of drug-likeness (QED) is 0.727. The molecule has 0 bridgehead atoms. The number of likely N-dealkylation sites (tertiary alicyclic amines) is 1. The predicted molar refractivity (Wildman–Crippen MR) is 80.6 cm³/mol. The van der Waals surface area contributed by atoms with E-state index in [0.29, 0.717) is 24.6 Å². The first kappa shape index (κ1) is 15.8. The Bertz CT molecular complexity index is 341. The summed E-state index contributed by atoms with van der Waals surface area (Å²) in [6.07, 6.45) is 4.86. The molecule has 2 atom stereocenters. The molecule has 0 amide bonds. The molecule has 1 aliphatic heterocycles. The van der Waals surface area contributed by atoms with Crippen molar-refractivity contribution in [2.45, 2.75) is 71.0 Å². The van der Waals surface area contributed by atoms with E-state index in [0.717, 1.165) is 13.1 Å². The fraction of sp³-hybridized carbons (Fsp3) is 0.938. The van der Waals surface area contributed by atoms with Crippen LogP contribution in [0, 0.1) is 5.92 Å². The molecule has 1 saturated heterocycles. The molecule has 1 heterocycles. The van der Waals surface area contributed by atoms with Gasteiger partial charge in [0.1, 0.15) is 5.54 Å². The largest absolute Gasteiger partial charge is 0.465 e. The average molecular weight is 282 g/mol. The summed E-state index contributed by atoms with van der Waals surface area (Å²) in [5.41, 5.74) is -0.561. The number of nitrogens with zero attached hydrogens (tertiary/aromatic N) is 1. The third kappa shape index (κ3) is 3.73. The predicted octanol–water partition coefficient (Wildman–Crippen LogP) is 2.18. The van der Waals surface area contributed by atoms with Crippen LogP contribution in [0.3, 0.4) is 0 Å². The van der Waals surface area contributed by atoms with E-state index in [1.165, 1.54) is 25.7 Å². The SMILES string of the molecule is CCOC(=O)C(C)(CN1CCCC1C(C)C)NC1CC1. The zero-order valence-corrected chi connectivity index (χ0v) is 13.4.